The molecule has 1 aliphatic heterocycles. The van der Waals surface area contributed by atoms with Gasteiger partial charge in [-0.3, -0.25) is 4.79 Å². The SMILES string of the molecule is Nc1ccc(C2=CC(C(F)(F)F)CC(=O)N2Cc2ccccc2)cc1. The standard InChI is InChI=1S/C19H17F3N2O/c20-19(21,22)15-10-17(14-6-8-16(23)9-7-14)24(18(25)11-15)12-13-4-2-1-3-5-13/h1-10,15H,11-12,23H2. The van der Waals surface area contributed by atoms with Gasteiger partial charge in [0.1, 0.15) is 0 Å². The highest BCUT2D eigenvalue weighted by atomic mass is 19.4. The number of allylic oxidation sites excluding steroid dienone is 1. The zero-order chi connectivity index (χ0) is 18.0. The minimum Gasteiger partial charge on any atom is -0.399 e. The smallest absolute Gasteiger partial charge is 0.395 e. The number of carbonyl (C=O) groups is 1. The first kappa shape index (κ1) is 17.1. The zero-order valence-corrected chi connectivity index (χ0v) is 13.3. The molecule has 0 bridgehead atoms. The monoisotopic (exact) mass is 346 g/mol. The van der Waals surface area contributed by atoms with Gasteiger partial charge in [-0.1, -0.05) is 42.5 Å². The van der Waals surface area contributed by atoms with E-state index in [-0.39, 0.29) is 12.2 Å². The molecule has 0 spiro atoms. The van der Waals surface area contributed by atoms with Crippen molar-refractivity contribution in [1.82, 2.24) is 4.90 Å². The van der Waals surface area contributed by atoms with E-state index >= 15 is 0 Å². The summed E-state index contributed by atoms with van der Waals surface area (Å²) < 4.78 is 39.6. The second-order valence-electron chi connectivity index (χ2n) is 5.99. The van der Waals surface area contributed by atoms with E-state index in [0.717, 1.165) is 11.6 Å². The maximum Gasteiger partial charge on any atom is 0.395 e. The molecule has 3 rings (SSSR count). The van der Waals surface area contributed by atoms with Crippen LogP contribution in [-0.4, -0.2) is 17.0 Å². The molecule has 0 saturated heterocycles. The Morgan fingerprint density at radius 2 is 1.68 bits per heavy atom. The van der Waals surface area contributed by atoms with Gasteiger partial charge in [-0.25, -0.2) is 0 Å². The number of rotatable bonds is 3. The number of nitrogen functional groups attached to an aromatic ring is 1. The first-order valence-electron chi connectivity index (χ1n) is 7.83. The Balaban J connectivity index is 2.01. The van der Waals surface area contributed by atoms with E-state index in [4.69, 9.17) is 5.73 Å². The van der Waals surface area contributed by atoms with Gasteiger partial charge in [0.15, 0.2) is 0 Å². The third kappa shape index (κ3) is 3.84. The molecular weight excluding hydrogens is 329 g/mol. The van der Waals surface area contributed by atoms with E-state index < -0.39 is 24.4 Å². The lowest BCUT2D eigenvalue weighted by molar-refractivity contribution is -0.170. The first-order valence-corrected chi connectivity index (χ1v) is 7.83. The van der Waals surface area contributed by atoms with E-state index in [1.54, 1.807) is 24.3 Å². The summed E-state index contributed by atoms with van der Waals surface area (Å²) in [4.78, 5) is 13.9. The van der Waals surface area contributed by atoms with E-state index in [1.807, 2.05) is 30.3 Å². The molecule has 130 valence electrons. The Morgan fingerprint density at radius 3 is 2.28 bits per heavy atom. The Morgan fingerprint density at radius 1 is 1.04 bits per heavy atom. The van der Waals surface area contributed by atoms with Crippen LogP contribution >= 0.6 is 0 Å². The van der Waals surface area contributed by atoms with Crippen molar-refractivity contribution < 1.29 is 18.0 Å². The Hall–Kier alpha value is -2.76. The van der Waals surface area contributed by atoms with Crippen molar-refractivity contribution in [3.05, 3.63) is 71.8 Å². The normalized spacial score (nSPS) is 18.2. The molecule has 1 amide bonds. The van der Waals surface area contributed by atoms with Crippen molar-refractivity contribution in [2.24, 2.45) is 5.92 Å². The van der Waals surface area contributed by atoms with Crippen LogP contribution in [-0.2, 0) is 11.3 Å². The summed E-state index contributed by atoms with van der Waals surface area (Å²) in [6.07, 6.45) is -3.89. The van der Waals surface area contributed by atoms with Crippen molar-refractivity contribution in [2.75, 3.05) is 5.73 Å². The number of nitrogens with zero attached hydrogens (tertiary/aromatic N) is 1. The minimum absolute atomic E-state index is 0.223. The third-order valence-electron chi connectivity index (χ3n) is 4.16. The molecule has 2 aromatic rings. The number of alkyl halides is 3. The topological polar surface area (TPSA) is 46.3 Å². The van der Waals surface area contributed by atoms with Crippen molar-refractivity contribution in [3.8, 4) is 0 Å². The molecule has 0 fully saturated rings. The maximum atomic E-state index is 13.2. The number of benzene rings is 2. The fourth-order valence-corrected chi connectivity index (χ4v) is 2.83. The van der Waals surface area contributed by atoms with Crippen LogP contribution in [0.5, 0.6) is 0 Å². The average Bonchev–Trinajstić information content (AvgIpc) is 2.57. The predicted molar refractivity (Wildman–Crippen MR) is 90.0 cm³/mol. The predicted octanol–water partition coefficient (Wildman–Crippen LogP) is 4.22. The molecule has 1 atom stereocenters. The molecule has 2 N–H and O–H groups in total. The van der Waals surface area contributed by atoms with E-state index in [1.165, 1.54) is 4.90 Å². The van der Waals surface area contributed by atoms with Crippen molar-refractivity contribution in [1.29, 1.82) is 0 Å². The van der Waals surface area contributed by atoms with Crippen LogP contribution in [0.3, 0.4) is 0 Å². The molecule has 1 unspecified atom stereocenters. The molecule has 3 nitrogen and oxygen atoms in total. The van der Waals surface area contributed by atoms with Gasteiger partial charge in [0.25, 0.3) is 0 Å². The second-order valence-corrected chi connectivity index (χ2v) is 5.99. The highest BCUT2D eigenvalue weighted by Crippen LogP contribution is 2.38. The van der Waals surface area contributed by atoms with Gasteiger partial charge < -0.3 is 10.6 Å². The fourth-order valence-electron chi connectivity index (χ4n) is 2.83. The molecule has 0 aromatic heterocycles. The number of hydrogen-bond donors (Lipinski definition) is 1. The van der Waals surface area contributed by atoms with Crippen LogP contribution in [0.4, 0.5) is 18.9 Å². The van der Waals surface area contributed by atoms with E-state index in [0.29, 0.717) is 11.3 Å². The van der Waals surface area contributed by atoms with Crippen LogP contribution in [0.15, 0.2) is 60.7 Å². The molecule has 0 radical (unpaired) electrons. The highest BCUT2D eigenvalue weighted by Gasteiger charge is 2.43. The van der Waals surface area contributed by atoms with Crippen LogP contribution < -0.4 is 5.73 Å². The third-order valence-corrected chi connectivity index (χ3v) is 4.16. The quantitative estimate of drug-likeness (QED) is 0.846. The summed E-state index contributed by atoms with van der Waals surface area (Å²) in [6.45, 7) is 0.223. The lowest BCUT2D eigenvalue weighted by Gasteiger charge is -2.33. The summed E-state index contributed by atoms with van der Waals surface area (Å²) in [7, 11) is 0. The van der Waals surface area contributed by atoms with Crippen molar-refractivity contribution in [3.63, 3.8) is 0 Å². The fraction of sp³-hybridized carbons (Fsp3) is 0.211. The zero-order valence-electron chi connectivity index (χ0n) is 13.3. The van der Waals surface area contributed by atoms with Gasteiger partial charge in [0, 0.05) is 17.8 Å². The summed E-state index contributed by atoms with van der Waals surface area (Å²) >= 11 is 0. The molecule has 6 heteroatoms. The number of hydrogen-bond acceptors (Lipinski definition) is 2. The number of amides is 1. The van der Waals surface area contributed by atoms with Gasteiger partial charge in [-0.2, -0.15) is 13.2 Å². The summed E-state index contributed by atoms with van der Waals surface area (Å²) in [6, 6.07) is 15.7. The Bertz CT molecular complexity index is 783. The lowest BCUT2D eigenvalue weighted by atomic mass is 9.94. The maximum absolute atomic E-state index is 13.2. The van der Waals surface area contributed by atoms with Crippen molar-refractivity contribution >= 4 is 17.3 Å². The number of anilines is 1. The van der Waals surface area contributed by atoms with Crippen LogP contribution in [0, 0.1) is 5.92 Å². The minimum atomic E-state index is -4.45. The van der Waals surface area contributed by atoms with Gasteiger partial charge >= 0.3 is 6.18 Å². The van der Waals surface area contributed by atoms with Crippen LogP contribution in [0.25, 0.3) is 5.70 Å². The van der Waals surface area contributed by atoms with Gasteiger partial charge in [0.2, 0.25) is 5.91 Å². The van der Waals surface area contributed by atoms with Crippen LogP contribution in [0.1, 0.15) is 17.5 Å². The largest absolute Gasteiger partial charge is 0.399 e. The summed E-state index contributed by atoms with van der Waals surface area (Å²) in [5.41, 5.74) is 7.82. The molecule has 0 saturated carbocycles. The van der Waals surface area contributed by atoms with Crippen molar-refractivity contribution in [2.45, 2.75) is 19.1 Å². The summed E-state index contributed by atoms with van der Waals surface area (Å²) in [5.74, 6) is -2.32. The number of halogens is 3. The van der Waals surface area contributed by atoms with Crippen LogP contribution in [0.2, 0.25) is 0 Å². The molecule has 25 heavy (non-hydrogen) atoms. The molecule has 1 heterocycles. The molecule has 1 aliphatic rings. The number of carbonyl (C=O) groups excluding carboxylic acids is 1. The Kier molecular flexibility index (Phi) is 4.53. The van der Waals surface area contributed by atoms with Gasteiger partial charge in [-0.15, -0.1) is 0 Å². The molecular formula is C19H17F3N2O. The van der Waals surface area contributed by atoms with Gasteiger partial charge in [0.05, 0.1) is 12.5 Å². The Labute approximate surface area is 143 Å². The first-order chi connectivity index (χ1) is 11.8. The van der Waals surface area contributed by atoms with E-state index in [2.05, 4.69) is 0 Å². The second kappa shape index (κ2) is 6.63. The molecule has 0 aliphatic carbocycles. The molecule has 2 aromatic carbocycles. The van der Waals surface area contributed by atoms with Gasteiger partial charge in [-0.05, 0) is 29.3 Å². The lowest BCUT2D eigenvalue weighted by Crippen LogP contribution is -2.38. The average molecular weight is 346 g/mol. The number of nitrogens with two attached hydrogens (primary N) is 1. The highest BCUT2D eigenvalue weighted by molar-refractivity contribution is 5.89. The summed E-state index contributed by atoms with van der Waals surface area (Å²) in [5, 5.41) is 0. The van der Waals surface area contributed by atoms with E-state index in [9.17, 15) is 18.0 Å².